The largest absolute Gasteiger partial charge is 0.372 e. The summed E-state index contributed by atoms with van der Waals surface area (Å²) >= 11 is 0. The Bertz CT molecular complexity index is 321. The summed E-state index contributed by atoms with van der Waals surface area (Å²) in [4.78, 5) is 4.99. The lowest BCUT2D eigenvalue weighted by Gasteiger charge is -2.40. The van der Waals surface area contributed by atoms with Gasteiger partial charge in [0.15, 0.2) is 0 Å². The number of rotatable bonds is 12. The number of ether oxygens (including phenoxy) is 4. The average molecular weight is 342 g/mol. The molecule has 0 amide bonds. The van der Waals surface area contributed by atoms with Gasteiger partial charge in [0.05, 0.1) is 38.9 Å². The Morgan fingerprint density at radius 3 is 1.42 bits per heavy atom. The highest BCUT2D eigenvalue weighted by Gasteiger charge is 2.35. The molecule has 140 valence electrons. The van der Waals surface area contributed by atoms with Crippen molar-refractivity contribution in [3.05, 3.63) is 0 Å². The first-order valence-electron chi connectivity index (χ1n) is 9.66. The van der Waals surface area contributed by atoms with Crippen molar-refractivity contribution in [2.24, 2.45) is 0 Å². The first kappa shape index (κ1) is 18.5. The monoisotopic (exact) mass is 342 g/mol. The Morgan fingerprint density at radius 1 is 0.750 bits per heavy atom. The van der Waals surface area contributed by atoms with Crippen LogP contribution in [0.4, 0.5) is 0 Å². The molecule has 2 saturated heterocycles. The van der Waals surface area contributed by atoms with Crippen LogP contribution in [0.2, 0.25) is 0 Å². The molecule has 1 saturated carbocycles. The van der Waals surface area contributed by atoms with Gasteiger partial charge in [-0.1, -0.05) is 0 Å². The second kappa shape index (κ2) is 9.46. The Hall–Kier alpha value is -0.240. The lowest BCUT2D eigenvalue weighted by Crippen LogP contribution is -2.47. The fourth-order valence-electron chi connectivity index (χ4n) is 3.69. The molecular formula is C18H34N2O4. The number of hydrogen-bond donors (Lipinski definition) is 0. The lowest BCUT2D eigenvalue weighted by atomic mass is 9.89. The van der Waals surface area contributed by atoms with E-state index < -0.39 is 0 Å². The van der Waals surface area contributed by atoms with Crippen LogP contribution in [0.3, 0.4) is 0 Å². The quantitative estimate of drug-likeness (QED) is 0.397. The summed E-state index contributed by atoms with van der Waals surface area (Å²) in [7, 11) is 0. The molecule has 2 atom stereocenters. The third kappa shape index (κ3) is 5.93. The molecule has 2 aliphatic heterocycles. The van der Waals surface area contributed by atoms with Gasteiger partial charge in [-0.25, -0.2) is 0 Å². The molecule has 3 aliphatic rings. The molecule has 24 heavy (non-hydrogen) atoms. The molecule has 1 aliphatic carbocycles. The Kier molecular flexibility index (Phi) is 7.31. The van der Waals surface area contributed by atoms with Crippen LogP contribution in [0.15, 0.2) is 0 Å². The van der Waals surface area contributed by atoms with E-state index in [4.69, 9.17) is 18.9 Å². The van der Waals surface area contributed by atoms with Gasteiger partial charge < -0.3 is 18.9 Å². The van der Waals surface area contributed by atoms with Gasteiger partial charge in [0.2, 0.25) is 0 Å². The van der Waals surface area contributed by atoms with Gasteiger partial charge in [-0.3, -0.25) is 9.80 Å². The van der Waals surface area contributed by atoms with Crippen LogP contribution < -0.4 is 0 Å². The summed E-state index contributed by atoms with van der Waals surface area (Å²) in [5, 5.41) is 0. The zero-order valence-electron chi connectivity index (χ0n) is 15.3. The lowest BCUT2D eigenvalue weighted by molar-refractivity contribution is -0.0303. The molecule has 0 aromatic rings. The number of epoxide rings is 2. The van der Waals surface area contributed by atoms with E-state index in [-0.39, 0.29) is 0 Å². The van der Waals surface area contributed by atoms with Gasteiger partial charge in [-0.15, -0.1) is 0 Å². The van der Waals surface area contributed by atoms with Gasteiger partial charge in [-0.2, -0.15) is 0 Å². The van der Waals surface area contributed by atoms with E-state index in [1.165, 1.54) is 25.7 Å². The van der Waals surface area contributed by atoms with E-state index in [1.807, 2.05) is 0 Å². The SMILES string of the molecule is CCOCN(CC1CO1)C1CCC(N(COCC)CC2CO2)CC1. The smallest absolute Gasteiger partial charge is 0.0993 e. The highest BCUT2D eigenvalue weighted by molar-refractivity contribution is 4.87. The predicted molar refractivity (Wildman–Crippen MR) is 91.9 cm³/mol. The van der Waals surface area contributed by atoms with E-state index in [9.17, 15) is 0 Å². The van der Waals surface area contributed by atoms with Crippen molar-refractivity contribution in [3.8, 4) is 0 Å². The van der Waals surface area contributed by atoms with Gasteiger partial charge in [0.1, 0.15) is 0 Å². The zero-order valence-corrected chi connectivity index (χ0v) is 15.3. The summed E-state index contributed by atoms with van der Waals surface area (Å²) in [6.07, 6.45) is 5.81. The van der Waals surface area contributed by atoms with Gasteiger partial charge >= 0.3 is 0 Å². The minimum absolute atomic E-state index is 0.435. The zero-order chi connectivity index (χ0) is 16.8. The maximum absolute atomic E-state index is 5.69. The van der Waals surface area contributed by atoms with Crippen LogP contribution in [0.25, 0.3) is 0 Å². The van der Waals surface area contributed by atoms with Gasteiger partial charge in [0, 0.05) is 38.4 Å². The van der Waals surface area contributed by atoms with Crippen LogP contribution in [0.1, 0.15) is 39.5 Å². The summed E-state index contributed by atoms with van der Waals surface area (Å²) in [5.41, 5.74) is 0. The molecule has 3 rings (SSSR count). The van der Waals surface area contributed by atoms with Crippen LogP contribution >= 0.6 is 0 Å². The van der Waals surface area contributed by atoms with E-state index in [0.717, 1.165) is 53.0 Å². The van der Waals surface area contributed by atoms with E-state index in [2.05, 4.69) is 23.6 Å². The van der Waals surface area contributed by atoms with Crippen LogP contribution in [0.5, 0.6) is 0 Å². The van der Waals surface area contributed by atoms with Crippen molar-refractivity contribution in [2.75, 3.05) is 53.0 Å². The van der Waals surface area contributed by atoms with E-state index in [1.54, 1.807) is 0 Å². The van der Waals surface area contributed by atoms with E-state index in [0.29, 0.717) is 24.3 Å². The predicted octanol–water partition coefficient (Wildman–Crippen LogP) is 1.69. The Balaban J connectivity index is 1.46. The molecule has 0 aromatic carbocycles. The second-order valence-corrected chi connectivity index (χ2v) is 7.16. The molecule has 0 aromatic heterocycles. The normalized spacial score (nSPS) is 32.5. The van der Waals surface area contributed by atoms with Crippen molar-refractivity contribution in [3.63, 3.8) is 0 Å². The van der Waals surface area contributed by atoms with Crippen LogP contribution in [-0.4, -0.2) is 87.1 Å². The number of nitrogens with zero attached hydrogens (tertiary/aromatic N) is 2. The fraction of sp³-hybridized carbons (Fsp3) is 1.00. The van der Waals surface area contributed by atoms with Gasteiger partial charge in [0.25, 0.3) is 0 Å². The minimum Gasteiger partial charge on any atom is -0.372 e. The molecule has 3 fully saturated rings. The first-order chi connectivity index (χ1) is 11.8. The minimum atomic E-state index is 0.435. The molecular weight excluding hydrogens is 308 g/mol. The topological polar surface area (TPSA) is 50.0 Å². The second-order valence-electron chi connectivity index (χ2n) is 7.16. The Morgan fingerprint density at radius 2 is 1.12 bits per heavy atom. The third-order valence-corrected chi connectivity index (χ3v) is 5.30. The average Bonchev–Trinajstić information content (AvgIpc) is 3.51. The molecule has 0 spiro atoms. The van der Waals surface area contributed by atoms with Gasteiger partial charge in [-0.05, 0) is 39.5 Å². The van der Waals surface area contributed by atoms with Crippen molar-refractivity contribution in [2.45, 2.75) is 63.8 Å². The van der Waals surface area contributed by atoms with Crippen molar-refractivity contribution >= 4 is 0 Å². The summed E-state index contributed by atoms with van der Waals surface area (Å²) < 4.78 is 22.2. The third-order valence-electron chi connectivity index (χ3n) is 5.30. The molecule has 2 heterocycles. The first-order valence-corrected chi connectivity index (χ1v) is 9.66. The van der Waals surface area contributed by atoms with E-state index >= 15 is 0 Å². The van der Waals surface area contributed by atoms with Crippen molar-refractivity contribution in [1.29, 1.82) is 0 Å². The van der Waals surface area contributed by atoms with Crippen LogP contribution in [0, 0.1) is 0 Å². The highest BCUT2D eigenvalue weighted by atomic mass is 16.6. The Labute approximate surface area is 146 Å². The molecule has 0 bridgehead atoms. The molecule has 6 nitrogen and oxygen atoms in total. The van der Waals surface area contributed by atoms with Crippen molar-refractivity contribution in [1.82, 2.24) is 9.80 Å². The summed E-state index contributed by atoms with van der Waals surface area (Å²) in [6, 6.07) is 1.26. The van der Waals surface area contributed by atoms with Crippen LogP contribution in [-0.2, 0) is 18.9 Å². The molecule has 6 heteroatoms. The molecule has 0 radical (unpaired) electrons. The summed E-state index contributed by atoms with van der Waals surface area (Å²) in [5.74, 6) is 0. The summed E-state index contributed by atoms with van der Waals surface area (Å²) in [6.45, 7) is 11.0. The molecule has 0 N–H and O–H groups in total. The fourth-order valence-corrected chi connectivity index (χ4v) is 3.69. The standard InChI is InChI=1S/C18H34N2O4/c1-3-21-13-19(9-17-11-23-17)15-5-7-16(8-6-15)20(14-22-4-2)10-18-12-24-18/h15-18H,3-14H2,1-2H3. The molecule has 2 unspecified atom stereocenters. The maximum Gasteiger partial charge on any atom is 0.0993 e. The highest BCUT2D eigenvalue weighted by Crippen LogP contribution is 2.29. The number of hydrogen-bond acceptors (Lipinski definition) is 6. The van der Waals surface area contributed by atoms with Crippen molar-refractivity contribution < 1.29 is 18.9 Å². The maximum atomic E-state index is 5.69.